The van der Waals surface area contributed by atoms with Gasteiger partial charge in [-0.15, -0.1) is 13.2 Å². The first kappa shape index (κ1) is 21.4. The predicted octanol–water partition coefficient (Wildman–Crippen LogP) is 1.51. The van der Waals surface area contributed by atoms with E-state index in [0.29, 0.717) is 0 Å². The highest BCUT2D eigenvalue weighted by atomic mass is 32.2. The number of amides is 1. The van der Waals surface area contributed by atoms with E-state index >= 15 is 0 Å². The lowest BCUT2D eigenvalue weighted by atomic mass is 10.3. The van der Waals surface area contributed by atoms with Crippen LogP contribution in [0.15, 0.2) is 46.3 Å². The summed E-state index contributed by atoms with van der Waals surface area (Å²) in [6.07, 6.45) is -4.79. The van der Waals surface area contributed by atoms with Crippen LogP contribution in [0, 0.1) is 0 Å². The fourth-order valence-corrected chi connectivity index (χ4v) is 3.32. The van der Waals surface area contributed by atoms with Gasteiger partial charge >= 0.3 is 6.36 Å². The lowest BCUT2D eigenvalue weighted by molar-refractivity contribution is -0.274. The summed E-state index contributed by atoms with van der Waals surface area (Å²) in [4.78, 5) is 15.0. The van der Waals surface area contributed by atoms with Crippen LogP contribution in [0.5, 0.6) is 5.75 Å². The Labute approximate surface area is 158 Å². The maximum atomic E-state index is 12.6. The molecule has 0 aliphatic heterocycles. The number of hydrogen-bond donors (Lipinski definition) is 3. The predicted molar refractivity (Wildman–Crippen MR) is 91.2 cm³/mol. The van der Waals surface area contributed by atoms with Gasteiger partial charge in [0.25, 0.3) is 5.91 Å². The third kappa shape index (κ3) is 5.33. The summed E-state index contributed by atoms with van der Waals surface area (Å²) in [5.74, 6) is -1.27. The second-order valence-electron chi connectivity index (χ2n) is 5.69. The number of anilines is 1. The fourth-order valence-electron chi connectivity index (χ4n) is 2.08. The number of nitrogen functional groups attached to an aromatic ring is 1. The minimum Gasteiger partial charge on any atom is -0.406 e. The van der Waals surface area contributed by atoms with Gasteiger partial charge in [-0.2, -0.15) is 0 Å². The van der Waals surface area contributed by atoms with Crippen LogP contribution in [0.4, 0.5) is 18.9 Å². The molecule has 4 N–H and O–H groups in total. The molecule has 0 saturated heterocycles. The van der Waals surface area contributed by atoms with Crippen LogP contribution in [-0.4, -0.2) is 43.4 Å². The van der Waals surface area contributed by atoms with E-state index in [4.69, 9.17) is 10.8 Å². The van der Waals surface area contributed by atoms with Gasteiger partial charge in [-0.1, -0.05) is 0 Å². The molecule has 1 aromatic heterocycles. The van der Waals surface area contributed by atoms with Crippen molar-refractivity contribution in [1.29, 1.82) is 0 Å². The van der Waals surface area contributed by atoms with Gasteiger partial charge in [0.2, 0.25) is 9.84 Å². The number of benzene rings is 1. The number of nitrogens with two attached hydrogens (primary N) is 1. The Kier molecular flexibility index (Phi) is 6.14. The Morgan fingerprint density at radius 3 is 2.39 bits per heavy atom. The van der Waals surface area contributed by atoms with Crippen molar-refractivity contribution in [3.63, 3.8) is 0 Å². The lowest BCUT2D eigenvalue weighted by Gasteiger charge is -2.11. The van der Waals surface area contributed by atoms with E-state index in [9.17, 15) is 26.4 Å². The van der Waals surface area contributed by atoms with Crippen molar-refractivity contribution >= 4 is 21.4 Å². The normalized spacial score (nSPS) is 13.0. The van der Waals surface area contributed by atoms with E-state index in [2.05, 4.69) is 15.0 Å². The summed E-state index contributed by atoms with van der Waals surface area (Å²) in [7, 11) is -4.14. The molecule has 1 heterocycles. The molecule has 1 aromatic carbocycles. The Hall–Kier alpha value is -2.86. The molecule has 1 atom stereocenters. The summed E-state index contributed by atoms with van der Waals surface area (Å²) < 4.78 is 65.4. The molecule has 0 aliphatic rings. The Morgan fingerprint density at radius 1 is 1.29 bits per heavy atom. The quantitative estimate of drug-likeness (QED) is 0.647. The Morgan fingerprint density at radius 2 is 1.89 bits per heavy atom. The van der Waals surface area contributed by atoms with Crippen LogP contribution in [0.2, 0.25) is 0 Å². The summed E-state index contributed by atoms with van der Waals surface area (Å²) in [5, 5.41) is 11.5. The fraction of sp³-hybridized carbons (Fsp3) is 0.250. The number of carbonyl (C=O) groups is 1. The molecule has 0 radical (unpaired) electrons. The third-order valence-corrected chi connectivity index (χ3v) is 5.08. The van der Waals surface area contributed by atoms with E-state index in [-0.39, 0.29) is 27.7 Å². The van der Waals surface area contributed by atoms with Gasteiger partial charge < -0.3 is 20.9 Å². The van der Waals surface area contributed by atoms with Crippen molar-refractivity contribution in [3.8, 4) is 5.75 Å². The van der Waals surface area contributed by atoms with E-state index in [0.717, 1.165) is 36.5 Å². The number of ether oxygens (including phenoxy) is 1. The second kappa shape index (κ2) is 8.02. The Balaban J connectivity index is 2.26. The maximum absolute atomic E-state index is 12.6. The average molecular weight is 419 g/mol. The highest BCUT2D eigenvalue weighted by Crippen LogP contribution is 2.27. The first-order valence-corrected chi connectivity index (χ1v) is 9.21. The van der Waals surface area contributed by atoms with Crippen LogP contribution in [0.25, 0.3) is 0 Å². The van der Waals surface area contributed by atoms with Crippen LogP contribution in [0.3, 0.4) is 0 Å². The number of aliphatic hydroxyl groups is 1. The molecule has 2 rings (SSSR count). The maximum Gasteiger partial charge on any atom is 0.573 e. The molecule has 0 fully saturated rings. The molecule has 1 unspecified atom stereocenters. The van der Waals surface area contributed by atoms with Gasteiger partial charge in [-0.25, -0.2) is 13.4 Å². The zero-order chi connectivity index (χ0) is 21.1. The third-order valence-electron chi connectivity index (χ3n) is 3.34. The minimum absolute atomic E-state index is 0.0493. The molecular formula is C16H16F3N3O5S. The van der Waals surface area contributed by atoms with Crippen molar-refractivity contribution in [3.05, 3.63) is 42.2 Å². The van der Waals surface area contributed by atoms with Crippen LogP contribution < -0.4 is 15.8 Å². The highest BCUT2D eigenvalue weighted by molar-refractivity contribution is 7.91. The van der Waals surface area contributed by atoms with Gasteiger partial charge in [0.1, 0.15) is 5.75 Å². The van der Waals surface area contributed by atoms with Crippen molar-refractivity contribution in [2.45, 2.75) is 29.2 Å². The average Bonchev–Trinajstić information content (AvgIpc) is 2.58. The summed E-state index contributed by atoms with van der Waals surface area (Å²) in [5.41, 5.74) is 5.25. The topological polar surface area (TPSA) is 132 Å². The molecule has 8 nitrogen and oxygen atoms in total. The SMILES string of the molecule is CC(O)CNC(=O)c1ncc(S(=O)(=O)c2ccc(OC(F)(F)F)cc2)cc1N. The monoisotopic (exact) mass is 419 g/mol. The molecule has 28 heavy (non-hydrogen) atoms. The number of pyridine rings is 1. The molecule has 0 spiro atoms. The number of aromatic nitrogens is 1. The first-order valence-electron chi connectivity index (χ1n) is 7.73. The zero-order valence-electron chi connectivity index (χ0n) is 14.4. The standard InChI is InChI=1S/C16H16F3N3O5S/c1-9(23)7-22-15(24)14-13(20)6-12(8-21-14)28(25,26)11-4-2-10(3-5-11)27-16(17,18)19/h2-6,8-9,23H,7,20H2,1H3,(H,22,24). The smallest absolute Gasteiger partial charge is 0.406 e. The highest BCUT2D eigenvalue weighted by Gasteiger charge is 2.31. The number of sulfone groups is 1. The van der Waals surface area contributed by atoms with E-state index in [1.54, 1.807) is 0 Å². The number of alkyl halides is 3. The molecular weight excluding hydrogens is 403 g/mol. The number of carbonyl (C=O) groups excluding carboxylic acids is 1. The number of halogens is 3. The number of aliphatic hydroxyl groups excluding tert-OH is 1. The minimum atomic E-state index is -4.90. The number of hydrogen-bond acceptors (Lipinski definition) is 7. The number of nitrogens with one attached hydrogen (secondary N) is 1. The van der Waals surface area contributed by atoms with E-state index < -0.39 is 34.0 Å². The van der Waals surface area contributed by atoms with Crippen LogP contribution in [0.1, 0.15) is 17.4 Å². The Bertz CT molecular complexity index is 960. The molecule has 12 heteroatoms. The van der Waals surface area contributed by atoms with Crippen LogP contribution >= 0.6 is 0 Å². The zero-order valence-corrected chi connectivity index (χ0v) is 15.2. The van der Waals surface area contributed by atoms with E-state index in [1.165, 1.54) is 6.92 Å². The molecule has 2 aromatic rings. The number of rotatable bonds is 6. The summed E-state index contributed by atoms with van der Waals surface area (Å²) >= 11 is 0. The summed E-state index contributed by atoms with van der Waals surface area (Å²) in [6, 6.07) is 4.61. The lowest BCUT2D eigenvalue weighted by Crippen LogP contribution is -2.31. The van der Waals surface area contributed by atoms with Gasteiger partial charge in [-0.05, 0) is 37.3 Å². The van der Waals surface area contributed by atoms with Gasteiger partial charge in [-0.3, -0.25) is 4.79 Å². The first-order chi connectivity index (χ1) is 12.9. The summed E-state index contributed by atoms with van der Waals surface area (Å²) in [6.45, 7) is 1.41. The van der Waals surface area contributed by atoms with Gasteiger partial charge in [0.15, 0.2) is 5.69 Å². The van der Waals surface area contributed by atoms with Gasteiger partial charge in [0.05, 0.1) is 21.6 Å². The van der Waals surface area contributed by atoms with Crippen molar-refractivity contribution in [2.75, 3.05) is 12.3 Å². The molecule has 0 aliphatic carbocycles. The van der Waals surface area contributed by atoms with E-state index in [1.807, 2.05) is 0 Å². The second-order valence-corrected chi connectivity index (χ2v) is 7.64. The molecule has 0 bridgehead atoms. The molecule has 0 saturated carbocycles. The largest absolute Gasteiger partial charge is 0.573 e. The number of nitrogens with zero attached hydrogens (tertiary/aromatic N) is 1. The van der Waals surface area contributed by atoms with Crippen molar-refractivity contribution in [2.24, 2.45) is 0 Å². The van der Waals surface area contributed by atoms with Gasteiger partial charge in [0, 0.05) is 12.7 Å². The molecule has 1 amide bonds. The molecule has 152 valence electrons. The van der Waals surface area contributed by atoms with Crippen LogP contribution in [-0.2, 0) is 9.84 Å². The van der Waals surface area contributed by atoms with Crippen molar-refractivity contribution in [1.82, 2.24) is 10.3 Å². The van der Waals surface area contributed by atoms with Crippen molar-refractivity contribution < 1.29 is 36.2 Å².